The number of carbonyl (C=O) groups excluding carboxylic acids is 2. The Bertz CT molecular complexity index is 268. The largest absolute Gasteiger partial charge is 0.467 e. The second-order valence-corrected chi connectivity index (χ2v) is 1.90. The van der Waals surface area contributed by atoms with Gasteiger partial charge in [0.1, 0.15) is 0 Å². The summed E-state index contributed by atoms with van der Waals surface area (Å²) in [5.74, 6) is -0.723. The molecule has 0 saturated heterocycles. The zero-order valence-electron chi connectivity index (χ0n) is 6.02. The number of rotatable bonds is 3. The van der Waals surface area contributed by atoms with Gasteiger partial charge in [-0.2, -0.15) is 0 Å². The van der Waals surface area contributed by atoms with Crippen LogP contribution in [0.2, 0.25) is 0 Å². The fourth-order valence-corrected chi connectivity index (χ4v) is 0.677. The van der Waals surface area contributed by atoms with Crippen LogP contribution in [-0.2, 0) is 14.6 Å². The lowest BCUT2D eigenvalue weighted by atomic mass is 10.2. The van der Waals surface area contributed by atoms with Crippen LogP contribution in [0.5, 0.6) is 0 Å². The van der Waals surface area contributed by atoms with Gasteiger partial charge in [-0.1, -0.05) is 18.2 Å². The minimum Gasteiger partial charge on any atom is -0.242 e. The summed E-state index contributed by atoms with van der Waals surface area (Å²) in [6, 6.07) is 8.17. The normalized spacial score (nSPS) is 8.67. The average molecular weight is 165 g/mol. The molecule has 1 aromatic rings. The van der Waals surface area contributed by atoms with Gasteiger partial charge >= 0.3 is 12.4 Å². The molecule has 0 fully saturated rings. The monoisotopic (exact) mass is 165 g/mol. The molecular formula is C8H5O4. The van der Waals surface area contributed by atoms with Crippen LogP contribution >= 0.6 is 0 Å². The maximum Gasteiger partial charge on any atom is 0.467 e. The van der Waals surface area contributed by atoms with Crippen molar-refractivity contribution in [2.45, 2.75) is 0 Å². The quantitative estimate of drug-likeness (QED) is 0.492. The molecule has 0 aliphatic rings. The van der Waals surface area contributed by atoms with Gasteiger partial charge in [0.25, 0.3) is 0 Å². The van der Waals surface area contributed by atoms with E-state index >= 15 is 0 Å². The van der Waals surface area contributed by atoms with Crippen molar-refractivity contribution in [1.82, 2.24) is 0 Å². The first kappa shape index (κ1) is 8.26. The molecule has 0 aromatic heterocycles. The van der Waals surface area contributed by atoms with Gasteiger partial charge in [-0.3, -0.25) is 0 Å². The number of benzene rings is 1. The van der Waals surface area contributed by atoms with Crippen molar-refractivity contribution in [2.24, 2.45) is 0 Å². The Morgan fingerprint density at radius 3 is 2.50 bits per heavy atom. The average Bonchev–Trinajstić information content (AvgIpc) is 2.15. The van der Waals surface area contributed by atoms with Gasteiger partial charge in [0.05, 0.1) is 5.56 Å². The molecule has 0 N–H and O–H groups in total. The van der Waals surface area contributed by atoms with E-state index in [4.69, 9.17) is 0 Å². The molecular weight excluding hydrogens is 160 g/mol. The standard InChI is InChI=1S/C8H5O4/c9-6-11-12-8(10)7-4-2-1-3-5-7/h1-5H. The van der Waals surface area contributed by atoms with E-state index in [0.29, 0.717) is 5.56 Å². The fraction of sp³-hybridized carbons (Fsp3) is 0. The number of hydrogen-bond donors (Lipinski definition) is 0. The van der Waals surface area contributed by atoms with Crippen molar-refractivity contribution in [3.63, 3.8) is 0 Å². The molecule has 1 aromatic carbocycles. The van der Waals surface area contributed by atoms with Gasteiger partial charge in [-0.15, -0.1) is 0 Å². The van der Waals surface area contributed by atoms with Gasteiger partial charge < -0.3 is 0 Å². The Morgan fingerprint density at radius 1 is 1.25 bits per heavy atom. The first-order valence-electron chi connectivity index (χ1n) is 3.14. The maximum absolute atomic E-state index is 10.9. The van der Waals surface area contributed by atoms with Crippen LogP contribution in [0, 0.1) is 0 Å². The minimum atomic E-state index is -0.723. The predicted molar refractivity (Wildman–Crippen MR) is 38.6 cm³/mol. The van der Waals surface area contributed by atoms with E-state index in [0.717, 1.165) is 6.47 Å². The zero-order valence-corrected chi connectivity index (χ0v) is 6.02. The molecule has 0 amide bonds. The van der Waals surface area contributed by atoms with Crippen LogP contribution in [0.3, 0.4) is 0 Å². The van der Waals surface area contributed by atoms with E-state index < -0.39 is 5.97 Å². The van der Waals surface area contributed by atoms with Gasteiger partial charge in [0, 0.05) is 0 Å². The van der Waals surface area contributed by atoms with Crippen molar-refractivity contribution in [3.8, 4) is 0 Å². The lowest BCUT2D eigenvalue weighted by molar-refractivity contribution is -0.164. The summed E-state index contributed by atoms with van der Waals surface area (Å²) in [6.07, 6.45) is 0. The van der Waals surface area contributed by atoms with Crippen LogP contribution in [0.15, 0.2) is 30.3 Å². The highest BCUT2D eigenvalue weighted by Gasteiger charge is 2.06. The Hall–Kier alpha value is -1.84. The van der Waals surface area contributed by atoms with Crippen molar-refractivity contribution in [1.29, 1.82) is 0 Å². The molecule has 0 heterocycles. The molecule has 0 spiro atoms. The van der Waals surface area contributed by atoms with Crippen LogP contribution < -0.4 is 0 Å². The Morgan fingerprint density at radius 2 is 1.92 bits per heavy atom. The van der Waals surface area contributed by atoms with Crippen LogP contribution in [0.1, 0.15) is 10.4 Å². The van der Waals surface area contributed by atoms with Crippen molar-refractivity contribution >= 4 is 12.4 Å². The number of hydrogen-bond acceptors (Lipinski definition) is 4. The van der Waals surface area contributed by atoms with Gasteiger partial charge in [0.2, 0.25) is 0 Å². The molecule has 0 saturated carbocycles. The van der Waals surface area contributed by atoms with E-state index in [2.05, 4.69) is 9.78 Å². The molecule has 0 unspecified atom stereocenters. The Kier molecular flexibility index (Phi) is 2.84. The Balaban J connectivity index is 2.59. The summed E-state index contributed by atoms with van der Waals surface area (Å²) in [5.41, 5.74) is 0.313. The lowest BCUT2D eigenvalue weighted by Gasteiger charge is -1.96. The van der Waals surface area contributed by atoms with E-state index in [9.17, 15) is 9.59 Å². The van der Waals surface area contributed by atoms with Gasteiger partial charge in [-0.05, 0) is 12.1 Å². The van der Waals surface area contributed by atoms with Gasteiger partial charge in [-0.25, -0.2) is 19.4 Å². The molecule has 0 aliphatic carbocycles. The molecule has 12 heavy (non-hydrogen) atoms. The second-order valence-electron chi connectivity index (χ2n) is 1.90. The summed E-state index contributed by atoms with van der Waals surface area (Å²) in [7, 11) is 0. The topological polar surface area (TPSA) is 52.6 Å². The van der Waals surface area contributed by atoms with Gasteiger partial charge in [0.15, 0.2) is 0 Å². The number of carbonyl (C=O) groups is 1. The summed E-state index contributed by atoms with van der Waals surface area (Å²) in [6.45, 7) is 0.975. The SMILES string of the molecule is O=[C]OOC(=O)c1ccccc1. The van der Waals surface area contributed by atoms with Crippen LogP contribution in [-0.4, -0.2) is 12.4 Å². The van der Waals surface area contributed by atoms with Crippen LogP contribution in [0.25, 0.3) is 0 Å². The third-order valence-corrected chi connectivity index (χ3v) is 1.16. The highest BCUT2D eigenvalue weighted by Crippen LogP contribution is 2.00. The molecule has 4 heteroatoms. The van der Waals surface area contributed by atoms with E-state index in [-0.39, 0.29) is 0 Å². The minimum absolute atomic E-state index is 0.313. The van der Waals surface area contributed by atoms with E-state index in [1.807, 2.05) is 0 Å². The first-order valence-corrected chi connectivity index (χ1v) is 3.14. The summed E-state index contributed by atoms with van der Waals surface area (Å²) < 4.78 is 0. The summed E-state index contributed by atoms with van der Waals surface area (Å²) in [5, 5.41) is 0. The molecule has 0 atom stereocenters. The van der Waals surface area contributed by atoms with Crippen LogP contribution in [0.4, 0.5) is 0 Å². The maximum atomic E-state index is 10.9. The van der Waals surface area contributed by atoms with Crippen molar-refractivity contribution in [2.75, 3.05) is 0 Å². The zero-order chi connectivity index (χ0) is 8.81. The highest BCUT2D eigenvalue weighted by atomic mass is 17.2. The predicted octanol–water partition coefficient (Wildman–Crippen LogP) is 0.842. The third-order valence-electron chi connectivity index (χ3n) is 1.16. The summed E-state index contributed by atoms with van der Waals surface area (Å²) >= 11 is 0. The van der Waals surface area contributed by atoms with Crippen molar-refractivity contribution in [3.05, 3.63) is 35.9 Å². The summed E-state index contributed by atoms with van der Waals surface area (Å²) in [4.78, 5) is 28.1. The molecule has 4 nitrogen and oxygen atoms in total. The van der Waals surface area contributed by atoms with E-state index in [1.54, 1.807) is 18.2 Å². The molecule has 1 radical (unpaired) electrons. The van der Waals surface area contributed by atoms with Crippen molar-refractivity contribution < 1.29 is 19.4 Å². The molecule has 1 rings (SSSR count). The molecule has 0 aliphatic heterocycles. The highest BCUT2D eigenvalue weighted by molar-refractivity contribution is 5.88. The first-order chi connectivity index (χ1) is 5.84. The second kappa shape index (κ2) is 4.12. The third kappa shape index (κ3) is 2.09. The fourth-order valence-electron chi connectivity index (χ4n) is 0.677. The van der Waals surface area contributed by atoms with E-state index in [1.165, 1.54) is 12.1 Å². The smallest absolute Gasteiger partial charge is 0.242 e. The molecule has 0 bridgehead atoms. The molecule has 61 valence electrons. The lowest BCUT2D eigenvalue weighted by Crippen LogP contribution is -2.04. The Labute approximate surface area is 68.6 Å².